The molecule has 1 rings (SSSR count). The Morgan fingerprint density at radius 1 is 0.944 bits per heavy atom. The summed E-state index contributed by atoms with van der Waals surface area (Å²) in [6.45, 7) is -0.250. The van der Waals surface area contributed by atoms with E-state index in [4.69, 9.17) is 9.11 Å². The Bertz CT molecular complexity index is 551. The number of nitrogens with zero attached hydrogens (tertiary/aromatic N) is 1. The van der Waals surface area contributed by atoms with E-state index in [0.29, 0.717) is 10.7 Å². The van der Waals surface area contributed by atoms with Gasteiger partial charge in [0.2, 0.25) is 0 Å². The Morgan fingerprint density at radius 3 is 1.78 bits per heavy atom. The molecule has 0 aliphatic carbocycles. The van der Waals surface area contributed by atoms with Crippen molar-refractivity contribution in [2.45, 2.75) is 6.54 Å². The highest BCUT2D eigenvalue weighted by atomic mass is 32.2. The highest BCUT2D eigenvalue weighted by molar-refractivity contribution is 7.84. The summed E-state index contributed by atoms with van der Waals surface area (Å²) in [4.78, 5) is 2.94. The van der Waals surface area contributed by atoms with Crippen LogP contribution in [0.3, 0.4) is 0 Å². The highest BCUT2D eigenvalue weighted by Crippen LogP contribution is 2.01. The van der Waals surface area contributed by atoms with Crippen molar-refractivity contribution < 1.29 is 25.9 Å². The van der Waals surface area contributed by atoms with Crippen molar-refractivity contribution in [2.24, 2.45) is 0 Å². The third-order valence-electron chi connectivity index (χ3n) is 1.63. The molecule has 1 aromatic rings. The van der Waals surface area contributed by atoms with Gasteiger partial charge in [0.15, 0.2) is 0 Å². The first-order valence-electron chi connectivity index (χ1n) is 4.47. The molecule has 0 unspecified atom stereocenters. The average Bonchev–Trinajstić information content (AvgIpc) is 2.13. The van der Waals surface area contributed by atoms with Crippen LogP contribution in [0.1, 0.15) is 5.56 Å². The van der Waals surface area contributed by atoms with Crippen LogP contribution in [0.15, 0.2) is 30.3 Å². The third-order valence-corrected chi connectivity index (χ3v) is 2.54. The zero-order chi connectivity index (χ0) is 13.8. The fourth-order valence-electron chi connectivity index (χ4n) is 1.13. The average molecular weight is 297 g/mol. The van der Waals surface area contributed by atoms with E-state index in [1.807, 2.05) is 0 Å². The molecule has 0 saturated carbocycles. The first-order chi connectivity index (χ1) is 8.16. The van der Waals surface area contributed by atoms with Crippen LogP contribution in [0.2, 0.25) is 0 Å². The maximum Gasteiger partial charge on any atom is 0.347 e. The van der Waals surface area contributed by atoms with Gasteiger partial charge in [-0.3, -0.25) is 9.11 Å². The SMILES string of the molecule is O=S(=O)(O)NN(Cc1ccccc1)NS(=O)(=O)O. The second-order valence-electron chi connectivity index (χ2n) is 3.20. The van der Waals surface area contributed by atoms with Gasteiger partial charge in [0.05, 0.1) is 6.54 Å². The minimum Gasteiger partial charge on any atom is -0.272 e. The maximum atomic E-state index is 10.6. The van der Waals surface area contributed by atoms with Gasteiger partial charge in [-0.2, -0.15) is 16.8 Å². The Hall–Kier alpha value is -1.08. The fourth-order valence-corrected chi connectivity index (χ4v) is 1.96. The monoisotopic (exact) mass is 297 g/mol. The van der Waals surface area contributed by atoms with Crippen LogP contribution < -0.4 is 9.66 Å². The van der Waals surface area contributed by atoms with Gasteiger partial charge in [-0.1, -0.05) is 30.3 Å². The lowest BCUT2D eigenvalue weighted by atomic mass is 10.2. The van der Waals surface area contributed by atoms with E-state index >= 15 is 0 Å². The Morgan fingerprint density at radius 2 is 1.39 bits per heavy atom. The number of rotatable bonds is 6. The number of hydrazine groups is 2. The van der Waals surface area contributed by atoms with Gasteiger partial charge in [0.25, 0.3) is 0 Å². The lowest BCUT2D eigenvalue weighted by Gasteiger charge is -2.19. The Kier molecular flexibility index (Phi) is 4.75. The van der Waals surface area contributed by atoms with Crippen LogP contribution in [0, 0.1) is 0 Å². The second kappa shape index (κ2) is 5.71. The van der Waals surface area contributed by atoms with Crippen molar-refractivity contribution in [1.29, 1.82) is 0 Å². The van der Waals surface area contributed by atoms with Crippen molar-refractivity contribution in [1.82, 2.24) is 14.8 Å². The van der Waals surface area contributed by atoms with Crippen LogP contribution in [0.4, 0.5) is 0 Å². The summed E-state index contributed by atoms with van der Waals surface area (Å²) in [5.74, 6) is 0. The molecule has 102 valence electrons. The van der Waals surface area contributed by atoms with Crippen LogP contribution in [0.5, 0.6) is 0 Å². The van der Waals surface area contributed by atoms with Crippen molar-refractivity contribution in [3.63, 3.8) is 0 Å². The summed E-state index contributed by atoms with van der Waals surface area (Å²) in [6, 6.07) is 8.18. The van der Waals surface area contributed by atoms with E-state index in [-0.39, 0.29) is 6.54 Å². The Balaban J connectivity index is 2.85. The molecule has 0 heterocycles. The number of hydrogen-bond donors (Lipinski definition) is 4. The number of benzene rings is 1. The molecular weight excluding hydrogens is 286 g/mol. The van der Waals surface area contributed by atoms with Gasteiger partial charge >= 0.3 is 20.6 Å². The summed E-state index contributed by atoms with van der Waals surface area (Å²) in [5, 5.41) is 0.403. The molecule has 0 fully saturated rings. The lowest BCUT2D eigenvalue weighted by molar-refractivity contribution is 0.182. The fraction of sp³-hybridized carbons (Fsp3) is 0.143. The molecular formula is C7H11N3O6S2. The molecule has 0 aliphatic rings. The minimum atomic E-state index is -4.68. The van der Waals surface area contributed by atoms with E-state index in [1.165, 1.54) is 9.66 Å². The maximum absolute atomic E-state index is 10.6. The summed E-state index contributed by atoms with van der Waals surface area (Å²) in [6.07, 6.45) is 0. The summed E-state index contributed by atoms with van der Waals surface area (Å²) < 4.78 is 59.5. The molecule has 11 heteroatoms. The van der Waals surface area contributed by atoms with Crippen LogP contribution in [0.25, 0.3) is 0 Å². The summed E-state index contributed by atoms with van der Waals surface area (Å²) in [7, 11) is -9.36. The zero-order valence-electron chi connectivity index (χ0n) is 8.88. The quantitative estimate of drug-likeness (QED) is 0.394. The molecule has 4 N–H and O–H groups in total. The highest BCUT2D eigenvalue weighted by Gasteiger charge is 2.17. The van der Waals surface area contributed by atoms with Gasteiger partial charge in [0.1, 0.15) is 0 Å². The topological polar surface area (TPSA) is 136 Å². The van der Waals surface area contributed by atoms with Gasteiger partial charge in [-0.15, -0.1) is 14.8 Å². The third kappa shape index (κ3) is 6.61. The van der Waals surface area contributed by atoms with Crippen molar-refractivity contribution in [2.75, 3.05) is 0 Å². The van der Waals surface area contributed by atoms with Crippen LogP contribution in [-0.4, -0.2) is 31.1 Å². The zero-order valence-corrected chi connectivity index (χ0v) is 10.5. The largest absolute Gasteiger partial charge is 0.347 e. The molecule has 0 aromatic heterocycles. The lowest BCUT2D eigenvalue weighted by Crippen LogP contribution is -2.51. The summed E-state index contributed by atoms with van der Waals surface area (Å²) in [5.41, 5.74) is 0.532. The molecule has 1 aromatic carbocycles. The predicted molar refractivity (Wildman–Crippen MR) is 61.4 cm³/mol. The summed E-state index contributed by atoms with van der Waals surface area (Å²) >= 11 is 0. The van der Waals surface area contributed by atoms with Gasteiger partial charge < -0.3 is 0 Å². The van der Waals surface area contributed by atoms with Crippen LogP contribution >= 0.6 is 0 Å². The molecule has 0 radical (unpaired) electrons. The smallest absolute Gasteiger partial charge is 0.272 e. The van der Waals surface area contributed by atoms with E-state index in [2.05, 4.69) is 0 Å². The second-order valence-corrected chi connectivity index (χ2v) is 5.47. The molecule has 0 saturated heterocycles. The minimum absolute atomic E-state index is 0.250. The molecule has 18 heavy (non-hydrogen) atoms. The van der Waals surface area contributed by atoms with E-state index in [1.54, 1.807) is 30.3 Å². The van der Waals surface area contributed by atoms with E-state index in [0.717, 1.165) is 0 Å². The molecule has 0 amide bonds. The Labute approximate surface area is 104 Å². The van der Waals surface area contributed by atoms with Crippen molar-refractivity contribution in [3.05, 3.63) is 35.9 Å². The molecule has 9 nitrogen and oxygen atoms in total. The van der Waals surface area contributed by atoms with Gasteiger partial charge in [0, 0.05) is 0 Å². The van der Waals surface area contributed by atoms with E-state index < -0.39 is 20.6 Å². The molecule has 0 atom stereocenters. The van der Waals surface area contributed by atoms with Crippen molar-refractivity contribution in [3.8, 4) is 0 Å². The molecule has 0 bridgehead atoms. The van der Waals surface area contributed by atoms with Gasteiger partial charge in [-0.05, 0) is 5.56 Å². The van der Waals surface area contributed by atoms with Gasteiger partial charge in [-0.25, -0.2) is 0 Å². The normalized spacial score (nSPS) is 12.8. The van der Waals surface area contributed by atoms with E-state index in [9.17, 15) is 16.8 Å². The standard InChI is InChI=1S/C7H11N3O6S2/c11-17(12,13)8-10(9-18(14,15)16)6-7-4-2-1-3-5-7/h1-5,8-9H,6H2,(H,11,12,13)(H,14,15,16). The molecule has 0 spiro atoms. The predicted octanol–water partition coefficient (Wildman–Crippen LogP) is -0.897. The van der Waals surface area contributed by atoms with Crippen molar-refractivity contribution >= 4 is 20.6 Å². The van der Waals surface area contributed by atoms with Crippen LogP contribution in [-0.2, 0) is 27.2 Å². The first-order valence-corrected chi connectivity index (χ1v) is 7.35. The first kappa shape index (κ1) is 15.0. The number of hydrogen-bond acceptors (Lipinski definition) is 5. The molecule has 0 aliphatic heterocycles. The number of nitrogens with one attached hydrogen (secondary N) is 2.